The van der Waals surface area contributed by atoms with E-state index in [1.54, 1.807) is 19.1 Å². The zero-order chi connectivity index (χ0) is 29.8. The smallest absolute Gasteiger partial charge is 0.324 e. The predicted octanol–water partition coefficient (Wildman–Crippen LogP) is 3.23. The summed E-state index contributed by atoms with van der Waals surface area (Å²) in [5.41, 5.74) is 6.63. The van der Waals surface area contributed by atoms with E-state index in [0.717, 1.165) is 32.1 Å². The number of fused-ring (bicyclic) bond motifs is 1. The largest absolute Gasteiger partial charge is 0.461 e. The Hall–Kier alpha value is -2.93. The minimum absolute atomic E-state index is 0.0873. The van der Waals surface area contributed by atoms with Crippen LogP contribution in [0.5, 0.6) is 5.75 Å². The van der Waals surface area contributed by atoms with Crippen molar-refractivity contribution in [2.24, 2.45) is 5.92 Å². The van der Waals surface area contributed by atoms with Crippen molar-refractivity contribution >= 4 is 31.5 Å². The Morgan fingerprint density at radius 1 is 1.10 bits per heavy atom. The zero-order valence-corrected chi connectivity index (χ0v) is 24.8. The number of rotatable bonds is 11. The Labute approximate surface area is 245 Å². The van der Waals surface area contributed by atoms with Crippen molar-refractivity contribution in [2.45, 2.75) is 95.7 Å². The molecule has 5 N–H and O–H groups in total. The van der Waals surface area contributed by atoms with E-state index in [1.807, 2.05) is 32.0 Å². The van der Waals surface area contributed by atoms with Gasteiger partial charge in [-0.1, -0.05) is 38.5 Å². The number of para-hydroxylation sites is 1. The van der Waals surface area contributed by atoms with E-state index in [2.05, 4.69) is 20.0 Å². The zero-order valence-electron chi connectivity index (χ0n) is 23.9. The van der Waals surface area contributed by atoms with E-state index in [9.17, 15) is 15.0 Å². The number of esters is 1. The molecule has 13 nitrogen and oxygen atoms in total. The van der Waals surface area contributed by atoms with Crippen molar-refractivity contribution in [2.75, 3.05) is 5.73 Å². The monoisotopic (exact) mass is 602 g/mol. The highest BCUT2D eigenvalue weighted by Gasteiger charge is 2.48. The summed E-state index contributed by atoms with van der Waals surface area (Å²) in [6.45, 7) is 5.57. The van der Waals surface area contributed by atoms with Gasteiger partial charge in [-0.15, -0.1) is 0 Å². The molecule has 1 saturated heterocycles. The number of ether oxygens (including phenoxy) is 2. The van der Waals surface area contributed by atoms with Gasteiger partial charge in [-0.3, -0.25) is 9.36 Å². The number of aromatic nitrogens is 4. The summed E-state index contributed by atoms with van der Waals surface area (Å²) >= 11 is 0. The van der Waals surface area contributed by atoms with Crippen molar-refractivity contribution in [3.05, 3.63) is 43.0 Å². The van der Waals surface area contributed by atoms with Crippen LogP contribution in [0.4, 0.5) is 5.82 Å². The van der Waals surface area contributed by atoms with Crippen LogP contribution in [-0.4, -0.2) is 72.3 Å². The fraction of sp³-hybridized carbons (Fsp3) is 0.571. The number of aliphatic hydroxyl groups excluding tert-OH is 2. The summed E-state index contributed by atoms with van der Waals surface area (Å²) in [6.07, 6.45) is 2.31. The molecule has 2 aliphatic rings. The van der Waals surface area contributed by atoms with Crippen LogP contribution in [0.25, 0.3) is 11.2 Å². The van der Waals surface area contributed by atoms with E-state index in [-0.39, 0.29) is 23.8 Å². The molecule has 1 aliphatic carbocycles. The first-order valence-electron chi connectivity index (χ1n) is 14.3. The van der Waals surface area contributed by atoms with Crippen LogP contribution in [0.15, 0.2) is 43.0 Å². The number of nitrogens with zero attached hydrogens (tertiary/aromatic N) is 4. The molecule has 1 saturated carbocycles. The second-order valence-corrected chi connectivity index (χ2v) is 12.2. The van der Waals surface area contributed by atoms with Gasteiger partial charge in [0.05, 0.1) is 12.4 Å². The number of nitrogens with one attached hydrogen (secondary N) is 1. The fourth-order valence-electron chi connectivity index (χ4n) is 5.23. The number of nitrogens with two attached hydrogens (primary N) is 1. The van der Waals surface area contributed by atoms with Crippen molar-refractivity contribution in [3.63, 3.8) is 0 Å². The molecule has 1 aromatic carbocycles. The van der Waals surface area contributed by atoms with Gasteiger partial charge in [-0.25, -0.2) is 20.0 Å². The average Bonchev–Trinajstić information content (AvgIpc) is 3.54. The molecule has 3 aromatic rings. The van der Waals surface area contributed by atoms with Crippen LogP contribution in [0, 0.1) is 5.92 Å². The van der Waals surface area contributed by atoms with Crippen LogP contribution in [0.1, 0.15) is 59.1 Å². The number of anilines is 1. The van der Waals surface area contributed by atoms with Crippen LogP contribution in [-0.2, 0) is 18.8 Å². The Kier molecular flexibility index (Phi) is 9.87. The molecule has 228 valence electrons. The number of carbonyl (C=O) groups excluding carboxylic acids is 1. The van der Waals surface area contributed by atoms with E-state index in [1.165, 1.54) is 17.2 Å². The lowest BCUT2D eigenvalue weighted by Crippen LogP contribution is -2.43. The maximum absolute atomic E-state index is 13.3. The van der Waals surface area contributed by atoms with Crippen molar-refractivity contribution in [3.8, 4) is 5.75 Å². The number of aliphatic hydroxyl groups is 2. The highest BCUT2D eigenvalue weighted by molar-refractivity contribution is 7.45. The number of carbonyl (C=O) groups is 1. The third kappa shape index (κ3) is 6.82. The molecule has 1 aliphatic heterocycles. The SMILES string of the molecule is CC(C)C(NP(Oc1ccccc1)OC(C)C1OC(n2cnc3c(N)ncnc32)C(O)C1O)C(=O)OC1CCCCC1. The molecular formula is C28H39N6O7P. The molecule has 5 rings (SSSR count). The molecule has 2 aromatic heterocycles. The van der Waals surface area contributed by atoms with Gasteiger partial charge in [0.15, 0.2) is 17.7 Å². The minimum atomic E-state index is -1.92. The number of nitrogen functional groups attached to an aromatic ring is 1. The summed E-state index contributed by atoms with van der Waals surface area (Å²) in [4.78, 5) is 25.7. The summed E-state index contributed by atoms with van der Waals surface area (Å²) in [5.74, 6) is 0.266. The van der Waals surface area contributed by atoms with Gasteiger partial charge in [0, 0.05) is 0 Å². The van der Waals surface area contributed by atoms with E-state index >= 15 is 0 Å². The molecule has 0 amide bonds. The molecule has 7 unspecified atom stereocenters. The van der Waals surface area contributed by atoms with Crippen molar-refractivity contribution in [1.29, 1.82) is 0 Å². The van der Waals surface area contributed by atoms with Gasteiger partial charge in [0.1, 0.15) is 48.1 Å². The molecule has 0 bridgehead atoms. The van der Waals surface area contributed by atoms with Crippen LogP contribution >= 0.6 is 8.53 Å². The van der Waals surface area contributed by atoms with Crippen LogP contribution < -0.4 is 15.3 Å². The molecular weight excluding hydrogens is 563 g/mol. The van der Waals surface area contributed by atoms with E-state index < -0.39 is 45.2 Å². The number of imidazole rings is 1. The molecule has 14 heteroatoms. The molecule has 42 heavy (non-hydrogen) atoms. The third-order valence-corrected chi connectivity index (χ3v) is 8.98. The fourth-order valence-corrected chi connectivity index (χ4v) is 6.76. The second-order valence-electron chi connectivity index (χ2n) is 11.1. The molecule has 2 fully saturated rings. The van der Waals surface area contributed by atoms with Gasteiger partial charge < -0.3 is 34.5 Å². The normalized spacial score (nSPS) is 25.4. The first-order chi connectivity index (χ1) is 20.2. The Balaban J connectivity index is 1.32. The highest BCUT2D eigenvalue weighted by Crippen LogP contribution is 2.42. The molecule has 7 atom stereocenters. The Morgan fingerprint density at radius 2 is 1.83 bits per heavy atom. The maximum Gasteiger partial charge on any atom is 0.324 e. The van der Waals surface area contributed by atoms with Crippen LogP contribution in [0.3, 0.4) is 0 Å². The summed E-state index contributed by atoms with van der Waals surface area (Å²) < 4.78 is 26.0. The van der Waals surface area contributed by atoms with Crippen molar-refractivity contribution < 1.29 is 33.5 Å². The quantitative estimate of drug-likeness (QED) is 0.186. The first-order valence-corrected chi connectivity index (χ1v) is 15.5. The van der Waals surface area contributed by atoms with Gasteiger partial charge in [-0.2, -0.15) is 0 Å². The van der Waals surface area contributed by atoms with Gasteiger partial charge in [-0.05, 0) is 50.7 Å². The third-order valence-electron chi connectivity index (χ3n) is 7.59. The predicted molar refractivity (Wildman–Crippen MR) is 155 cm³/mol. The topological polar surface area (TPSA) is 176 Å². The second kappa shape index (κ2) is 13.6. The number of benzene rings is 1. The van der Waals surface area contributed by atoms with E-state index in [0.29, 0.717) is 16.9 Å². The number of hydrogen-bond acceptors (Lipinski definition) is 12. The minimum Gasteiger partial charge on any atom is -0.461 e. The molecule has 0 spiro atoms. The van der Waals surface area contributed by atoms with Crippen LogP contribution in [0.2, 0.25) is 0 Å². The van der Waals surface area contributed by atoms with Gasteiger partial charge in [0.25, 0.3) is 0 Å². The molecule has 3 heterocycles. The summed E-state index contributed by atoms with van der Waals surface area (Å²) in [6, 6.07) is 8.42. The Morgan fingerprint density at radius 3 is 2.55 bits per heavy atom. The summed E-state index contributed by atoms with van der Waals surface area (Å²) in [5, 5.41) is 25.2. The number of hydrogen-bond donors (Lipinski definition) is 4. The highest BCUT2D eigenvalue weighted by atomic mass is 31.2. The molecule has 0 radical (unpaired) electrons. The maximum atomic E-state index is 13.3. The van der Waals surface area contributed by atoms with Gasteiger partial charge in [0.2, 0.25) is 0 Å². The summed E-state index contributed by atoms with van der Waals surface area (Å²) in [7, 11) is -1.92. The van der Waals surface area contributed by atoms with Crippen molar-refractivity contribution in [1.82, 2.24) is 24.6 Å². The average molecular weight is 603 g/mol. The Bertz CT molecular complexity index is 1320. The lowest BCUT2D eigenvalue weighted by molar-refractivity contribution is -0.153. The standard InChI is InChI=1S/C28H39N6O7P/c1-16(2)20(28(37)38-18-10-6-4-7-11-18)33-42(41-19-12-8-5-9-13-19)40-17(3)24-22(35)23(36)27(39-24)34-15-32-21-25(29)30-14-31-26(21)34/h5,8-9,12-18,20,22-24,27,33,35-36H,4,6-7,10-11H2,1-3H3,(H2,29,30,31). The van der Waals surface area contributed by atoms with Gasteiger partial charge >= 0.3 is 14.5 Å². The van der Waals surface area contributed by atoms with E-state index in [4.69, 9.17) is 24.3 Å². The lowest BCUT2D eigenvalue weighted by Gasteiger charge is -2.31. The first kappa shape index (κ1) is 30.5. The lowest BCUT2D eigenvalue weighted by atomic mass is 9.97.